The highest BCUT2D eigenvalue weighted by Crippen LogP contribution is 2.25. The van der Waals surface area contributed by atoms with Crippen molar-refractivity contribution < 1.29 is 9.53 Å². The van der Waals surface area contributed by atoms with Gasteiger partial charge in [0.05, 0.1) is 19.3 Å². The highest BCUT2D eigenvalue weighted by Gasteiger charge is 2.23. The molecule has 28 heavy (non-hydrogen) atoms. The molecule has 0 unspecified atom stereocenters. The maximum Gasteiger partial charge on any atom is 0.181 e. The van der Waals surface area contributed by atoms with E-state index >= 15 is 0 Å². The lowest BCUT2D eigenvalue weighted by Crippen LogP contribution is -2.38. The van der Waals surface area contributed by atoms with Crippen LogP contribution in [0.1, 0.15) is 22.8 Å². The summed E-state index contributed by atoms with van der Waals surface area (Å²) >= 11 is 0. The van der Waals surface area contributed by atoms with Gasteiger partial charge in [0.25, 0.3) is 0 Å². The van der Waals surface area contributed by atoms with Gasteiger partial charge in [-0.05, 0) is 31.7 Å². The third-order valence-corrected chi connectivity index (χ3v) is 5.66. The molecule has 0 radical (unpaired) electrons. The van der Waals surface area contributed by atoms with E-state index in [9.17, 15) is 4.79 Å². The number of H-pyrrole nitrogens is 1. The average Bonchev–Trinajstić information content (AvgIpc) is 3.18. The number of rotatable bonds is 6. The number of likely N-dealkylation sites (N-methyl/N-ethyl adjacent to an activating group) is 1. The third kappa shape index (κ3) is 3.68. The lowest BCUT2D eigenvalue weighted by molar-refractivity contribution is 0.0864. The van der Waals surface area contributed by atoms with Crippen molar-refractivity contribution in [3.8, 4) is 0 Å². The van der Waals surface area contributed by atoms with Gasteiger partial charge in [0.1, 0.15) is 0 Å². The molecule has 5 nitrogen and oxygen atoms in total. The lowest BCUT2D eigenvalue weighted by Gasteiger charge is -2.32. The first-order valence-corrected chi connectivity index (χ1v) is 9.86. The molecule has 3 aromatic rings. The number of ether oxygens (including phenoxy) is 1. The Morgan fingerprint density at radius 2 is 1.86 bits per heavy atom. The van der Waals surface area contributed by atoms with Crippen LogP contribution in [0.25, 0.3) is 10.9 Å². The van der Waals surface area contributed by atoms with E-state index in [-0.39, 0.29) is 11.8 Å². The highest BCUT2D eigenvalue weighted by atomic mass is 16.5. The lowest BCUT2D eigenvalue weighted by atomic mass is 10.0. The summed E-state index contributed by atoms with van der Waals surface area (Å²) in [7, 11) is 2.02. The topological polar surface area (TPSA) is 48.6 Å². The van der Waals surface area contributed by atoms with E-state index in [1.807, 2.05) is 44.4 Å². The maximum absolute atomic E-state index is 13.1. The fourth-order valence-corrected chi connectivity index (χ4v) is 3.86. The van der Waals surface area contributed by atoms with Gasteiger partial charge in [-0.3, -0.25) is 9.69 Å². The van der Waals surface area contributed by atoms with Crippen LogP contribution in [0, 0.1) is 0 Å². The number of anilines is 1. The van der Waals surface area contributed by atoms with Crippen LogP contribution in [0.5, 0.6) is 0 Å². The van der Waals surface area contributed by atoms with E-state index in [4.69, 9.17) is 4.74 Å². The van der Waals surface area contributed by atoms with Crippen molar-refractivity contribution in [3.05, 3.63) is 65.9 Å². The minimum atomic E-state index is -0.211. The molecule has 1 aromatic heterocycles. The van der Waals surface area contributed by atoms with Crippen molar-refractivity contribution in [1.29, 1.82) is 0 Å². The zero-order valence-electron chi connectivity index (χ0n) is 16.5. The van der Waals surface area contributed by atoms with Crippen LogP contribution in [0.3, 0.4) is 0 Å². The molecule has 2 heterocycles. The molecule has 2 aromatic carbocycles. The molecule has 0 saturated carbocycles. The van der Waals surface area contributed by atoms with Crippen molar-refractivity contribution in [1.82, 2.24) is 9.88 Å². The molecule has 0 amide bonds. The molecule has 1 aliphatic heterocycles. The molecule has 146 valence electrons. The number of hydrogen-bond donors (Lipinski definition) is 1. The van der Waals surface area contributed by atoms with Crippen molar-refractivity contribution in [2.75, 3.05) is 38.3 Å². The van der Waals surface area contributed by atoms with Crippen molar-refractivity contribution in [2.24, 2.45) is 0 Å². The average molecular weight is 377 g/mol. The fraction of sp³-hybridized carbons (Fsp3) is 0.348. The van der Waals surface area contributed by atoms with Gasteiger partial charge in [-0.15, -0.1) is 0 Å². The molecular formula is C23H27N3O2. The Hall–Kier alpha value is -2.63. The van der Waals surface area contributed by atoms with Gasteiger partial charge < -0.3 is 14.6 Å². The second-order valence-corrected chi connectivity index (χ2v) is 7.43. The normalized spacial score (nSPS) is 15.9. The molecule has 1 saturated heterocycles. The van der Waals surface area contributed by atoms with Gasteiger partial charge in [0.2, 0.25) is 0 Å². The number of ketones is 1. The molecule has 5 heteroatoms. The standard InChI is InChI=1S/C23H27N3O2/c1-17(23(27)20-15-24-21-9-5-4-8-19(20)21)25(2)16-18-7-3-6-10-22(18)26-11-13-28-14-12-26/h3-10,15,17,24H,11-14,16H2,1-2H3/t17-/m0/s1. The quantitative estimate of drug-likeness (QED) is 0.666. The molecular weight excluding hydrogens is 350 g/mol. The van der Waals surface area contributed by atoms with Crippen LogP contribution in [0.15, 0.2) is 54.7 Å². The second-order valence-electron chi connectivity index (χ2n) is 7.43. The Kier molecular flexibility index (Phi) is 5.46. The summed E-state index contributed by atoms with van der Waals surface area (Å²) in [5, 5.41) is 0.987. The Labute approximate surface area is 165 Å². The molecule has 1 fully saturated rings. The molecule has 1 N–H and O–H groups in total. The number of morpholine rings is 1. The van der Waals surface area contributed by atoms with Crippen molar-refractivity contribution in [2.45, 2.75) is 19.5 Å². The minimum Gasteiger partial charge on any atom is -0.378 e. The SMILES string of the molecule is C[C@@H](C(=O)c1c[nH]c2ccccc12)N(C)Cc1ccccc1N1CCOCC1. The summed E-state index contributed by atoms with van der Waals surface area (Å²) in [4.78, 5) is 20.9. The summed E-state index contributed by atoms with van der Waals surface area (Å²) in [6.07, 6.45) is 1.83. The van der Waals surface area contributed by atoms with Crippen LogP contribution < -0.4 is 4.90 Å². The first-order chi connectivity index (χ1) is 13.6. The molecule has 0 bridgehead atoms. The van der Waals surface area contributed by atoms with Crippen molar-refractivity contribution >= 4 is 22.4 Å². The van der Waals surface area contributed by atoms with E-state index in [0.29, 0.717) is 0 Å². The van der Waals surface area contributed by atoms with E-state index < -0.39 is 0 Å². The molecule has 4 rings (SSSR count). The number of aromatic amines is 1. The van der Waals surface area contributed by atoms with Gasteiger partial charge >= 0.3 is 0 Å². The first kappa shape index (κ1) is 18.7. The van der Waals surface area contributed by atoms with Gasteiger partial charge in [-0.1, -0.05) is 36.4 Å². The summed E-state index contributed by atoms with van der Waals surface area (Å²) in [6, 6.07) is 16.2. The maximum atomic E-state index is 13.1. The van der Waals surface area contributed by atoms with Crippen LogP contribution >= 0.6 is 0 Å². The number of Topliss-reactive ketones (excluding diaryl/α,β-unsaturated/α-hetero) is 1. The van der Waals surface area contributed by atoms with E-state index in [1.165, 1.54) is 11.3 Å². The minimum absolute atomic E-state index is 0.142. The molecule has 0 aliphatic carbocycles. The van der Waals surface area contributed by atoms with E-state index in [0.717, 1.165) is 49.3 Å². The number of carbonyl (C=O) groups is 1. The second kappa shape index (κ2) is 8.17. The zero-order valence-corrected chi connectivity index (χ0v) is 16.5. The van der Waals surface area contributed by atoms with Gasteiger partial charge in [0.15, 0.2) is 5.78 Å². The van der Waals surface area contributed by atoms with Crippen molar-refractivity contribution in [3.63, 3.8) is 0 Å². The number of benzene rings is 2. The van der Waals surface area contributed by atoms with Crippen LogP contribution in [0.2, 0.25) is 0 Å². The predicted molar refractivity (Wildman–Crippen MR) is 113 cm³/mol. The number of hydrogen-bond acceptors (Lipinski definition) is 4. The highest BCUT2D eigenvalue weighted by molar-refractivity contribution is 6.10. The molecule has 0 spiro atoms. The largest absolute Gasteiger partial charge is 0.378 e. The number of para-hydroxylation sites is 2. The van der Waals surface area contributed by atoms with E-state index in [2.05, 4.69) is 39.0 Å². The Balaban J connectivity index is 1.52. The summed E-state index contributed by atoms with van der Waals surface area (Å²) in [6.45, 7) is 6.05. The Bertz CT molecular complexity index is 959. The molecule has 1 aliphatic rings. The summed E-state index contributed by atoms with van der Waals surface area (Å²) in [5.74, 6) is 0.142. The number of carbonyl (C=O) groups excluding carboxylic acids is 1. The Morgan fingerprint density at radius 3 is 2.68 bits per heavy atom. The number of nitrogens with zero attached hydrogens (tertiary/aromatic N) is 2. The number of fused-ring (bicyclic) bond motifs is 1. The van der Waals surface area contributed by atoms with Gasteiger partial charge in [-0.2, -0.15) is 0 Å². The summed E-state index contributed by atoms with van der Waals surface area (Å²) in [5.41, 5.74) is 4.24. The first-order valence-electron chi connectivity index (χ1n) is 9.86. The zero-order chi connectivity index (χ0) is 19.5. The number of nitrogens with one attached hydrogen (secondary N) is 1. The smallest absolute Gasteiger partial charge is 0.181 e. The summed E-state index contributed by atoms with van der Waals surface area (Å²) < 4.78 is 5.49. The van der Waals surface area contributed by atoms with Gasteiger partial charge in [0, 0.05) is 48.0 Å². The van der Waals surface area contributed by atoms with E-state index in [1.54, 1.807) is 0 Å². The number of aromatic nitrogens is 1. The van der Waals surface area contributed by atoms with Gasteiger partial charge in [-0.25, -0.2) is 0 Å². The van der Waals surface area contributed by atoms with Crippen LogP contribution in [-0.4, -0.2) is 55.1 Å². The monoisotopic (exact) mass is 377 g/mol. The Morgan fingerprint density at radius 1 is 1.14 bits per heavy atom. The third-order valence-electron chi connectivity index (χ3n) is 5.66. The van der Waals surface area contributed by atoms with Crippen LogP contribution in [0.4, 0.5) is 5.69 Å². The predicted octanol–water partition coefficient (Wildman–Crippen LogP) is 3.71. The fourth-order valence-electron chi connectivity index (χ4n) is 3.86. The van der Waals surface area contributed by atoms with Crippen LogP contribution in [-0.2, 0) is 11.3 Å². The molecule has 1 atom stereocenters.